The van der Waals surface area contributed by atoms with Gasteiger partial charge in [0.15, 0.2) is 0 Å². The van der Waals surface area contributed by atoms with E-state index in [2.05, 4.69) is 15.4 Å². The molecule has 0 aromatic carbocycles. The van der Waals surface area contributed by atoms with E-state index in [9.17, 15) is 9.59 Å². The van der Waals surface area contributed by atoms with Gasteiger partial charge in [-0.25, -0.2) is 4.79 Å². The molecule has 0 aliphatic heterocycles. The van der Waals surface area contributed by atoms with Crippen LogP contribution >= 0.6 is 0 Å². The molecule has 1 N–H and O–H groups in total. The lowest BCUT2D eigenvalue weighted by molar-refractivity contribution is -0.184. The predicted octanol–water partition coefficient (Wildman–Crippen LogP) is -0.0424. The van der Waals surface area contributed by atoms with Crippen molar-refractivity contribution in [3.8, 4) is 12.0 Å². The third kappa shape index (κ3) is 4.17. The number of ether oxygens (including phenoxy) is 2. The van der Waals surface area contributed by atoms with Crippen molar-refractivity contribution in [3.05, 3.63) is 0 Å². The van der Waals surface area contributed by atoms with Crippen molar-refractivity contribution in [1.29, 1.82) is 0 Å². The highest BCUT2D eigenvalue weighted by atomic mass is 16.7. The van der Waals surface area contributed by atoms with Crippen LogP contribution < -0.4 is 0 Å². The number of esters is 1. The van der Waals surface area contributed by atoms with Crippen LogP contribution in [0.5, 0.6) is 0 Å². The number of carbonyl (C=O) groups excluding carboxylic acids is 1. The topological polar surface area (TPSA) is 72.8 Å². The second kappa shape index (κ2) is 5.02. The summed E-state index contributed by atoms with van der Waals surface area (Å²) in [6.45, 7) is 2.55. The van der Waals surface area contributed by atoms with Crippen molar-refractivity contribution < 1.29 is 24.2 Å². The van der Waals surface area contributed by atoms with E-state index >= 15 is 0 Å². The Bertz CT molecular complexity index is 234. The van der Waals surface area contributed by atoms with Gasteiger partial charge in [-0.3, -0.25) is 4.79 Å². The summed E-state index contributed by atoms with van der Waals surface area (Å²) in [5.74, 6) is 0.168. The molecule has 0 heterocycles. The van der Waals surface area contributed by atoms with Crippen molar-refractivity contribution in [2.75, 3.05) is 0 Å². The summed E-state index contributed by atoms with van der Waals surface area (Å²) >= 11 is 0. The molecule has 5 nitrogen and oxygen atoms in total. The van der Waals surface area contributed by atoms with Gasteiger partial charge in [0.1, 0.15) is 6.11 Å². The number of hydrogen-bond donors (Lipinski definition) is 1. The zero-order chi connectivity index (χ0) is 9.56. The van der Waals surface area contributed by atoms with E-state index in [1.165, 1.54) is 6.92 Å². The first-order valence-corrected chi connectivity index (χ1v) is 3.05. The molecular formula is C7H8O5. The molecule has 0 aliphatic carbocycles. The van der Waals surface area contributed by atoms with Crippen molar-refractivity contribution in [2.45, 2.75) is 20.1 Å². The number of aliphatic carboxylic acids is 1. The SMILES string of the molecule is CC#COC(OC(C)=O)C(=O)O. The van der Waals surface area contributed by atoms with Crippen LogP contribution in [0.25, 0.3) is 0 Å². The Kier molecular flexibility index (Phi) is 4.31. The molecule has 0 radical (unpaired) electrons. The third-order valence-electron chi connectivity index (χ3n) is 0.743. The molecule has 0 aromatic rings. The summed E-state index contributed by atoms with van der Waals surface area (Å²) in [5, 5.41) is 8.38. The fraction of sp³-hybridized carbons (Fsp3) is 0.429. The number of hydrogen-bond acceptors (Lipinski definition) is 4. The molecule has 0 amide bonds. The van der Waals surface area contributed by atoms with E-state index in [-0.39, 0.29) is 0 Å². The molecule has 0 aliphatic rings. The fourth-order valence-corrected chi connectivity index (χ4v) is 0.388. The maximum absolute atomic E-state index is 10.3. The largest absolute Gasteiger partial charge is 0.476 e. The van der Waals surface area contributed by atoms with Gasteiger partial charge in [-0.2, -0.15) is 0 Å². The highest BCUT2D eigenvalue weighted by molar-refractivity contribution is 5.75. The molecule has 0 saturated heterocycles. The number of carboxylic acid groups (broad SMARTS) is 1. The highest BCUT2D eigenvalue weighted by Crippen LogP contribution is 1.94. The molecule has 66 valence electrons. The molecule has 0 fully saturated rings. The second-order valence-electron chi connectivity index (χ2n) is 1.75. The minimum absolute atomic E-state index is 0.736. The van der Waals surface area contributed by atoms with Crippen molar-refractivity contribution in [3.63, 3.8) is 0 Å². The molecule has 0 spiro atoms. The first-order chi connectivity index (χ1) is 5.57. The quantitative estimate of drug-likeness (QED) is 0.367. The fourth-order valence-electron chi connectivity index (χ4n) is 0.388. The Balaban J connectivity index is 4.10. The molecule has 0 rings (SSSR count). The van der Waals surface area contributed by atoms with Gasteiger partial charge in [-0.05, 0) is 0 Å². The first kappa shape index (κ1) is 10.3. The van der Waals surface area contributed by atoms with Gasteiger partial charge in [0.05, 0.1) is 0 Å². The average Bonchev–Trinajstić information content (AvgIpc) is 1.96. The van der Waals surface area contributed by atoms with Gasteiger partial charge in [0, 0.05) is 13.8 Å². The molecule has 5 heteroatoms. The molecule has 1 unspecified atom stereocenters. The second-order valence-corrected chi connectivity index (χ2v) is 1.75. The van der Waals surface area contributed by atoms with Crippen LogP contribution in [0.3, 0.4) is 0 Å². The average molecular weight is 172 g/mol. The van der Waals surface area contributed by atoms with Gasteiger partial charge in [-0.1, -0.05) is 5.92 Å². The monoisotopic (exact) mass is 172 g/mol. The van der Waals surface area contributed by atoms with E-state index in [1.54, 1.807) is 0 Å². The number of carbonyl (C=O) groups is 2. The lowest BCUT2D eigenvalue weighted by Crippen LogP contribution is -2.27. The van der Waals surface area contributed by atoms with E-state index < -0.39 is 18.2 Å². The number of carboxylic acids is 1. The summed E-state index contributed by atoms with van der Waals surface area (Å²) in [4.78, 5) is 20.6. The minimum atomic E-state index is -1.64. The van der Waals surface area contributed by atoms with Gasteiger partial charge in [0.25, 0.3) is 0 Å². The molecule has 0 bridgehead atoms. The Hall–Kier alpha value is -1.70. The highest BCUT2D eigenvalue weighted by Gasteiger charge is 2.20. The Morgan fingerprint density at radius 3 is 2.42 bits per heavy atom. The summed E-state index contributed by atoms with van der Waals surface area (Å²) in [6, 6.07) is 0. The van der Waals surface area contributed by atoms with Crippen LogP contribution in [0, 0.1) is 12.0 Å². The zero-order valence-corrected chi connectivity index (χ0v) is 6.66. The van der Waals surface area contributed by atoms with Gasteiger partial charge in [-0.15, -0.1) is 0 Å². The summed E-state index contributed by atoms with van der Waals surface area (Å²) in [6.07, 6.45) is 0.383. The number of rotatable bonds is 3. The van der Waals surface area contributed by atoms with Crippen LogP contribution in [-0.4, -0.2) is 23.3 Å². The van der Waals surface area contributed by atoms with Crippen LogP contribution in [0.15, 0.2) is 0 Å². The predicted molar refractivity (Wildman–Crippen MR) is 37.7 cm³/mol. The maximum Gasteiger partial charge on any atom is 0.387 e. The summed E-state index contributed by atoms with van der Waals surface area (Å²) < 4.78 is 8.61. The van der Waals surface area contributed by atoms with Gasteiger partial charge >= 0.3 is 18.2 Å². The maximum atomic E-state index is 10.3. The molecular weight excluding hydrogens is 164 g/mol. The Morgan fingerprint density at radius 1 is 1.50 bits per heavy atom. The normalized spacial score (nSPS) is 10.5. The van der Waals surface area contributed by atoms with Gasteiger partial charge in [0.2, 0.25) is 0 Å². The standard InChI is InChI=1S/C7H8O5/c1-3-4-11-7(6(9)10)12-5(2)8/h7H,1-2H3,(H,9,10). The van der Waals surface area contributed by atoms with E-state index in [4.69, 9.17) is 5.11 Å². The third-order valence-corrected chi connectivity index (χ3v) is 0.743. The lowest BCUT2D eigenvalue weighted by atomic mass is 10.6. The van der Waals surface area contributed by atoms with Crippen LogP contribution in [0.2, 0.25) is 0 Å². The molecule has 0 aromatic heterocycles. The minimum Gasteiger partial charge on any atom is -0.476 e. The smallest absolute Gasteiger partial charge is 0.387 e. The summed E-state index contributed by atoms with van der Waals surface area (Å²) in [5.41, 5.74) is 0. The van der Waals surface area contributed by atoms with E-state index in [1.807, 2.05) is 6.11 Å². The van der Waals surface area contributed by atoms with Crippen LogP contribution in [-0.2, 0) is 19.1 Å². The van der Waals surface area contributed by atoms with Crippen molar-refractivity contribution >= 4 is 11.9 Å². The van der Waals surface area contributed by atoms with E-state index in [0.717, 1.165) is 6.92 Å². The molecule has 0 saturated carbocycles. The molecule has 1 atom stereocenters. The van der Waals surface area contributed by atoms with Crippen molar-refractivity contribution in [2.24, 2.45) is 0 Å². The van der Waals surface area contributed by atoms with Crippen LogP contribution in [0.4, 0.5) is 0 Å². The lowest BCUT2D eigenvalue weighted by Gasteiger charge is -2.08. The summed E-state index contributed by atoms with van der Waals surface area (Å²) in [7, 11) is 0. The van der Waals surface area contributed by atoms with Gasteiger partial charge < -0.3 is 14.6 Å². The van der Waals surface area contributed by atoms with E-state index in [0.29, 0.717) is 0 Å². The molecule has 12 heavy (non-hydrogen) atoms. The Morgan fingerprint density at radius 2 is 2.08 bits per heavy atom. The van der Waals surface area contributed by atoms with Crippen molar-refractivity contribution in [1.82, 2.24) is 0 Å². The Labute approximate surface area is 69.3 Å². The van der Waals surface area contributed by atoms with Crippen LogP contribution in [0.1, 0.15) is 13.8 Å². The zero-order valence-electron chi connectivity index (χ0n) is 6.66. The first-order valence-electron chi connectivity index (χ1n) is 3.05.